The maximum absolute atomic E-state index is 13.1. The number of nitrogens with zero attached hydrogens (tertiary/aromatic N) is 1. The molecule has 0 radical (unpaired) electrons. The summed E-state index contributed by atoms with van der Waals surface area (Å²) >= 11 is 0. The molecule has 0 saturated heterocycles. The summed E-state index contributed by atoms with van der Waals surface area (Å²) in [5.41, 5.74) is 9.64. The average molecular weight is 464 g/mol. The molecule has 5 fully saturated rings. The smallest absolute Gasteiger partial charge is 0.309 e. The molecule has 5 aliphatic rings. The second kappa shape index (κ2) is 9.55. The predicted octanol–water partition coefficient (Wildman–Crippen LogP) is 4.15. The van der Waals surface area contributed by atoms with E-state index >= 15 is 0 Å². The van der Waals surface area contributed by atoms with Crippen LogP contribution in [0.5, 0.6) is 0 Å². The molecule has 1 aromatic rings. The molecular formula is C28H37N3O3. The van der Waals surface area contributed by atoms with Crippen LogP contribution in [-0.4, -0.2) is 30.7 Å². The number of nitrogens with two attached hydrogens (primary N) is 1. The van der Waals surface area contributed by atoms with Crippen LogP contribution in [0.25, 0.3) is 0 Å². The lowest BCUT2D eigenvalue weighted by Crippen LogP contribution is -2.42. The maximum Gasteiger partial charge on any atom is 0.309 e. The highest BCUT2D eigenvalue weighted by atomic mass is 16.5. The molecule has 34 heavy (non-hydrogen) atoms. The average Bonchev–Trinajstić information content (AvgIpc) is 3.27. The van der Waals surface area contributed by atoms with Crippen molar-refractivity contribution in [2.24, 2.45) is 39.8 Å². The zero-order valence-electron chi connectivity index (χ0n) is 20.2. The summed E-state index contributed by atoms with van der Waals surface area (Å²) in [6, 6.07) is 10.00. The summed E-state index contributed by atoms with van der Waals surface area (Å²) in [7, 11) is 0. The number of carbonyl (C=O) groups excluding carboxylic acids is 2. The molecule has 6 rings (SSSR count). The number of esters is 1. The Balaban J connectivity index is 1.30. The minimum absolute atomic E-state index is 0.186. The number of aliphatic imine (C=N–C) groups is 1. The molecule has 1 aromatic carbocycles. The van der Waals surface area contributed by atoms with Gasteiger partial charge in [0, 0.05) is 24.3 Å². The number of hydrogen-bond acceptors (Lipinski definition) is 5. The molecule has 3 N–H and O–H groups in total. The molecule has 0 aromatic heterocycles. The lowest BCUT2D eigenvalue weighted by molar-refractivity contribution is -0.148. The highest BCUT2D eigenvalue weighted by molar-refractivity contribution is 6.09. The summed E-state index contributed by atoms with van der Waals surface area (Å²) in [5, 5.41) is 3.19. The lowest BCUT2D eigenvalue weighted by Gasteiger charge is -2.38. The quantitative estimate of drug-likeness (QED) is 0.469. The van der Waals surface area contributed by atoms with Crippen molar-refractivity contribution in [2.75, 3.05) is 13.2 Å². The third kappa shape index (κ3) is 4.64. The fourth-order valence-electron chi connectivity index (χ4n) is 7.30. The molecule has 6 heteroatoms. The van der Waals surface area contributed by atoms with E-state index in [4.69, 9.17) is 15.5 Å². The van der Waals surface area contributed by atoms with Crippen molar-refractivity contribution in [3.63, 3.8) is 0 Å². The molecule has 0 spiro atoms. The molecule has 0 heterocycles. The molecule has 3 unspecified atom stereocenters. The van der Waals surface area contributed by atoms with E-state index in [1.165, 1.54) is 32.1 Å². The van der Waals surface area contributed by atoms with Crippen LogP contribution < -0.4 is 11.1 Å². The zero-order chi connectivity index (χ0) is 23.7. The summed E-state index contributed by atoms with van der Waals surface area (Å²) in [6.45, 7) is 3.41. The molecule has 0 aliphatic heterocycles. The van der Waals surface area contributed by atoms with Crippen molar-refractivity contribution in [1.29, 1.82) is 0 Å². The van der Waals surface area contributed by atoms with E-state index in [0.717, 1.165) is 41.1 Å². The Hall–Kier alpha value is -2.63. The Bertz CT molecular complexity index is 980. The number of carbonyl (C=O) groups is 2. The number of amides is 1. The predicted molar refractivity (Wildman–Crippen MR) is 132 cm³/mol. The third-order valence-corrected chi connectivity index (χ3v) is 8.69. The van der Waals surface area contributed by atoms with Crippen LogP contribution in [0.2, 0.25) is 0 Å². The summed E-state index contributed by atoms with van der Waals surface area (Å²) < 4.78 is 5.26. The van der Waals surface area contributed by atoms with E-state index in [0.29, 0.717) is 32.4 Å². The Kier molecular flexibility index (Phi) is 6.50. The van der Waals surface area contributed by atoms with Gasteiger partial charge in [0.15, 0.2) is 0 Å². The van der Waals surface area contributed by atoms with Crippen molar-refractivity contribution in [1.82, 2.24) is 5.32 Å². The van der Waals surface area contributed by atoms with Gasteiger partial charge in [0.2, 0.25) is 0 Å². The minimum Gasteiger partial charge on any atom is -0.466 e. The largest absolute Gasteiger partial charge is 0.466 e. The van der Waals surface area contributed by atoms with E-state index in [1.807, 2.05) is 37.3 Å². The minimum atomic E-state index is -0.239. The van der Waals surface area contributed by atoms with Gasteiger partial charge >= 0.3 is 5.97 Å². The van der Waals surface area contributed by atoms with Crippen LogP contribution in [0.1, 0.15) is 63.9 Å². The Labute approximate surface area is 202 Å². The van der Waals surface area contributed by atoms with Gasteiger partial charge < -0.3 is 15.8 Å². The number of ether oxygens (including phenoxy) is 1. The highest BCUT2D eigenvalue weighted by Crippen LogP contribution is 2.63. The number of benzene rings is 1. The number of rotatable bonds is 7. The van der Waals surface area contributed by atoms with Crippen LogP contribution in [-0.2, 0) is 20.9 Å². The topological polar surface area (TPSA) is 93.8 Å². The van der Waals surface area contributed by atoms with E-state index in [9.17, 15) is 9.59 Å². The van der Waals surface area contributed by atoms with E-state index in [2.05, 4.69) is 5.32 Å². The van der Waals surface area contributed by atoms with Crippen LogP contribution in [0.3, 0.4) is 0 Å². The van der Waals surface area contributed by atoms with Crippen molar-refractivity contribution in [3.05, 3.63) is 47.2 Å². The van der Waals surface area contributed by atoms with Gasteiger partial charge in [0.25, 0.3) is 5.91 Å². The third-order valence-electron chi connectivity index (χ3n) is 8.69. The monoisotopic (exact) mass is 463 g/mol. The van der Waals surface area contributed by atoms with Gasteiger partial charge in [-0.05, 0) is 80.6 Å². The molecule has 6 nitrogen and oxygen atoms in total. The first-order valence-corrected chi connectivity index (χ1v) is 13.0. The summed E-state index contributed by atoms with van der Waals surface area (Å²) in [5.74, 6) is 2.00. The van der Waals surface area contributed by atoms with Crippen molar-refractivity contribution < 1.29 is 14.3 Å². The normalized spacial score (nSPS) is 34.3. The van der Waals surface area contributed by atoms with E-state index in [-0.39, 0.29) is 28.9 Å². The van der Waals surface area contributed by atoms with Crippen LogP contribution in [0, 0.1) is 29.1 Å². The van der Waals surface area contributed by atoms with Crippen LogP contribution >= 0.6 is 0 Å². The first-order valence-electron chi connectivity index (χ1n) is 13.0. The Morgan fingerprint density at radius 2 is 1.88 bits per heavy atom. The molecule has 1 amide bonds. The van der Waals surface area contributed by atoms with E-state index in [1.54, 1.807) is 0 Å². The summed E-state index contributed by atoms with van der Waals surface area (Å²) in [4.78, 5) is 30.4. The Morgan fingerprint density at radius 3 is 2.56 bits per heavy atom. The highest BCUT2D eigenvalue weighted by Gasteiger charge is 2.55. The van der Waals surface area contributed by atoms with Gasteiger partial charge in [-0.15, -0.1) is 0 Å². The Morgan fingerprint density at radius 1 is 1.15 bits per heavy atom. The van der Waals surface area contributed by atoms with E-state index < -0.39 is 0 Å². The first kappa shape index (κ1) is 23.1. The zero-order valence-corrected chi connectivity index (χ0v) is 20.2. The fourth-order valence-corrected chi connectivity index (χ4v) is 7.30. The van der Waals surface area contributed by atoms with Crippen LogP contribution in [0.4, 0.5) is 0 Å². The van der Waals surface area contributed by atoms with Gasteiger partial charge in [-0.1, -0.05) is 30.3 Å². The second-order valence-corrected chi connectivity index (χ2v) is 11.0. The number of allylic oxidation sites excluding steroid dienone is 1. The molecular weight excluding hydrogens is 426 g/mol. The van der Waals surface area contributed by atoms with Gasteiger partial charge in [-0.25, -0.2) is 0 Å². The maximum atomic E-state index is 13.1. The molecule has 4 bridgehead atoms. The van der Waals surface area contributed by atoms with Gasteiger partial charge in [0.05, 0.1) is 19.1 Å². The van der Waals surface area contributed by atoms with Gasteiger partial charge in [-0.2, -0.15) is 0 Å². The first-order chi connectivity index (χ1) is 16.5. The SMILES string of the molecule is CCOC(=O)C1CCC(=C(N)C(=O)NCC23CC4CC(C2)C(C4)C3)C(=NCc2ccccc2)C1. The van der Waals surface area contributed by atoms with Crippen molar-refractivity contribution in [3.8, 4) is 0 Å². The molecule has 3 atom stereocenters. The molecule has 182 valence electrons. The number of nitrogens with one attached hydrogen (secondary N) is 1. The molecule has 5 aliphatic carbocycles. The lowest BCUT2D eigenvalue weighted by atomic mass is 9.69. The molecule has 5 saturated carbocycles. The van der Waals surface area contributed by atoms with Crippen molar-refractivity contribution >= 4 is 17.6 Å². The number of hydrogen-bond donors (Lipinski definition) is 2. The van der Waals surface area contributed by atoms with Crippen molar-refractivity contribution in [2.45, 2.75) is 64.8 Å². The van der Waals surface area contributed by atoms with Gasteiger partial charge in [0.1, 0.15) is 5.70 Å². The summed E-state index contributed by atoms with van der Waals surface area (Å²) in [6.07, 6.45) is 8.22. The van der Waals surface area contributed by atoms with Crippen LogP contribution in [0.15, 0.2) is 46.6 Å². The second-order valence-electron chi connectivity index (χ2n) is 11.0. The standard InChI is InChI=1S/C28H37N3O3/c1-2-34-27(33)20-8-9-23(24(12-20)30-16-18-6-4-3-5-7-18)25(29)26(32)31-17-28-13-19-10-21(14-28)22(11-19)15-28/h3-7,19-22H,2,8-17,29H2,1H3,(H,31,32). The van der Waals surface area contributed by atoms with Gasteiger partial charge in [-0.3, -0.25) is 14.6 Å². The fraction of sp³-hybridized carbons (Fsp3) is 0.607.